The highest BCUT2D eigenvalue weighted by atomic mass is 16.5. The van der Waals surface area contributed by atoms with Gasteiger partial charge >= 0.3 is 5.97 Å². The SMILES string of the molecule is CCOC(=O)[C@]12CCCN(C(=O)c3cnccn3)C[C@H]1CN(C(C)=O)C2. The smallest absolute Gasteiger partial charge is 0.314 e. The largest absolute Gasteiger partial charge is 0.466 e. The lowest BCUT2D eigenvalue weighted by Crippen LogP contribution is -2.43. The van der Waals surface area contributed by atoms with E-state index in [1.54, 1.807) is 16.7 Å². The van der Waals surface area contributed by atoms with E-state index in [0.29, 0.717) is 45.6 Å². The molecule has 2 amide bonds. The van der Waals surface area contributed by atoms with Crippen LogP contribution in [0, 0.1) is 11.3 Å². The van der Waals surface area contributed by atoms with E-state index < -0.39 is 5.41 Å². The zero-order valence-corrected chi connectivity index (χ0v) is 15.2. The third kappa shape index (κ3) is 3.27. The Bertz CT molecular complexity index is 696. The zero-order valence-electron chi connectivity index (χ0n) is 15.2. The van der Waals surface area contributed by atoms with Gasteiger partial charge in [0.25, 0.3) is 5.91 Å². The second-order valence-electron chi connectivity index (χ2n) is 6.92. The molecule has 3 rings (SSSR count). The number of aromatic nitrogens is 2. The number of likely N-dealkylation sites (tertiary alicyclic amines) is 2. The van der Waals surface area contributed by atoms with Crippen LogP contribution in [-0.2, 0) is 14.3 Å². The highest BCUT2D eigenvalue weighted by Gasteiger charge is 2.55. The average Bonchev–Trinajstić information content (AvgIpc) is 2.91. The average molecular weight is 360 g/mol. The van der Waals surface area contributed by atoms with Crippen LogP contribution in [0.5, 0.6) is 0 Å². The third-order valence-electron chi connectivity index (χ3n) is 5.38. The fourth-order valence-corrected chi connectivity index (χ4v) is 4.04. The van der Waals surface area contributed by atoms with Gasteiger partial charge in [0.05, 0.1) is 18.2 Å². The first-order chi connectivity index (χ1) is 12.5. The molecule has 0 unspecified atom stereocenters. The van der Waals surface area contributed by atoms with Gasteiger partial charge in [-0.3, -0.25) is 19.4 Å². The molecule has 1 aromatic rings. The topological polar surface area (TPSA) is 92.7 Å². The molecule has 0 bridgehead atoms. The fourth-order valence-electron chi connectivity index (χ4n) is 4.04. The molecule has 3 heterocycles. The minimum atomic E-state index is -0.737. The predicted octanol–water partition coefficient (Wildman–Crippen LogP) is 0.740. The highest BCUT2D eigenvalue weighted by Crippen LogP contribution is 2.44. The van der Waals surface area contributed by atoms with Crippen molar-refractivity contribution in [1.82, 2.24) is 19.8 Å². The normalized spacial score (nSPS) is 25.4. The number of carbonyl (C=O) groups is 3. The van der Waals surface area contributed by atoms with Gasteiger partial charge in [-0.15, -0.1) is 0 Å². The lowest BCUT2D eigenvalue weighted by atomic mass is 9.75. The number of hydrogen-bond acceptors (Lipinski definition) is 6. The molecule has 26 heavy (non-hydrogen) atoms. The minimum Gasteiger partial charge on any atom is -0.466 e. The molecule has 0 spiro atoms. The van der Waals surface area contributed by atoms with Crippen LogP contribution in [0.1, 0.15) is 37.2 Å². The van der Waals surface area contributed by atoms with Gasteiger partial charge in [0.1, 0.15) is 5.69 Å². The van der Waals surface area contributed by atoms with Crippen molar-refractivity contribution in [2.45, 2.75) is 26.7 Å². The molecule has 0 saturated carbocycles. The van der Waals surface area contributed by atoms with E-state index in [0.717, 1.165) is 0 Å². The Balaban J connectivity index is 1.86. The predicted molar refractivity (Wildman–Crippen MR) is 92.0 cm³/mol. The Kier molecular flexibility index (Phi) is 5.20. The Morgan fingerprint density at radius 2 is 2.04 bits per heavy atom. The first kappa shape index (κ1) is 18.3. The van der Waals surface area contributed by atoms with Crippen molar-refractivity contribution in [3.8, 4) is 0 Å². The van der Waals surface area contributed by atoms with Crippen molar-refractivity contribution in [2.24, 2.45) is 11.3 Å². The van der Waals surface area contributed by atoms with Gasteiger partial charge in [0.2, 0.25) is 5.91 Å². The lowest BCUT2D eigenvalue weighted by molar-refractivity contribution is -0.157. The molecule has 2 aliphatic rings. The highest BCUT2D eigenvalue weighted by molar-refractivity contribution is 5.92. The number of fused-ring (bicyclic) bond motifs is 1. The van der Waals surface area contributed by atoms with E-state index in [1.807, 2.05) is 0 Å². The van der Waals surface area contributed by atoms with Crippen molar-refractivity contribution in [3.63, 3.8) is 0 Å². The van der Waals surface area contributed by atoms with Gasteiger partial charge < -0.3 is 14.5 Å². The van der Waals surface area contributed by atoms with Gasteiger partial charge in [-0.25, -0.2) is 4.98 Å². The summed E-state index contributed by atoms with van der Waals surface area (Å²) < 4.78 is 5.35. The van der Waals surface area contributed by atoms with Crippen LogP contribution < -0.4 is 0 Å². The van der Waals surface area contributed by atoms with Crippen molar-refractivity contribution in [3.05, 3.63) is 24.3 Å². The molecule has 0 N–H and O–H groups in total. The van der Waals surface area contributed by atoms with E-state index >= 15 is 0 Å². The summed E-state index contributed by atoms with van der Waals surface area (Å²) in [5, 5.41) is 0. The third-order valence-corrected chi connectivity index (χ3v) is 5.38. The van der Waals surface area contributed by atoms with E-state index in [4.69, 9.17) is 4.74 Å². The van der Waals surface area contributed by atoms with Gasteiger partial charge in [-0.1, -0.05) is 0 Å². The van der Waals surface area contributed by atoms with Crippen molar-refractivity contribution >= 4 is 17.8 Å². The van der Waals surface area contributed by atoms with Crippen molar-refractivity contribution < 1.29 is 19.1 Å². The summed E-state index contributed by atoms with van der Waals surface area (Å²) in [6.45, 7) is 5.35. The summed E-state index contributed by atoms with van der Waals surface area (Å²) in [4.78, 5) is 48.9. The number of hydrogen-bond donors (Lipinski definition) is 0. The van der Waals surface area contributed by atoms with Crippen LogP contribution >= 0.6 is 0 Å². The molecule has 0 radical (unpaired) electrons. The number of carbonyl (C=O) groups excluding carboxylic acids is 3. The molecule has 0 aliphatic carbocycles. The second-order valence-corrected chi connectivity index (χ2v) is 6.92. The van der Waals surface area contributed by atoms with Crippen LogP contribution in [0.3, 0.4) is 0 Å². The number of esters is 1. The second kappa shape index (κ2) is 7.39. The van der Waals surface area contributed by atoms with Crippen LogP contribution in [0.15, 0.2) is 18.6 Å². The maximum atomic E-state index is 12.8. The zero-order chi connectivity index (χ0) is 18.7. The summed E-state index contributed by atoms with van der Waals surface area (Å²) in [5.41, 5.74) is -0.448. The Morgan fingerprint density at radius 1 is 1.27 bits per heavy atom. The van der Waals surface area contributed by atoms with Crippen LogP contribution in [-0.4, -0.2) is 70.3 Å². The first-order valence-corrected chi connectivity index (χ1v) is 8.96. The number of amides is 2. The van der Waals surface area contributed by atoms with Crippen LogP contribution in [0.4, 0.5) is 0 Å². The van der Waals surface area contributed by atoms with Crippen LogP contribution in [0.25, 0.3) is 0 Å². The summed E-state index contributed by atoms with van der Waals surface area (Å²) in [5.74, 6) is -0.663. The van der Waals surface area contributed by atoms with Gasteiger partial charge in [0.15, 0.2) is 0 Å². The quantitative estimate of drug-likeness (QED) is 0.738. The molecular formula is C18H24N4O4. The Hall–Kier alpha value is -2.51. The first-order valence-electron chi connectivity index (χ1n) is 8.96. The lowest BCUT2D eigenvalue weighted by Gasteiger charge is -2.31. The fraction of sp³-hybridized carbons (Fsp3) is 0.611. The Morgan fingerprint density at radius 3 is 2.69 bits per heavy atom. The van der Waals surface area contributed by atoms with Gasteiger partial charge in [0, 0.05) is 51.4 Å². The Labute approximate surface area is 152 Å². The molecule has 140 valence electrons. The summed E-state index contributed by atoms with van der Waals surface area (Å²) in [7, 11) is 0. The summed E-state index contributed by atoms with van der Waals surface area (Å²) in [6.07, 6.45) is 5.73. The van der Waals surface area contributed by atoms with Crippen molar-refractivity contribution in [2.75, 3.05) is 32.8 Å². The molecule has 8 nitrogen and oxygen atoms in total. The summed E-state index contributed by atoms with van der Waals surface area (Å²) >= 11 is 0. The monoisotopic (exact) mass is 360 g/mol. The minimum absolute atomic E-state index is 0.0615. The van der Waals surface area contributed by atoms with E-state index in [-0.39, 0.29) is 29.4 Å². The summed E-state index contributed by atoms with van der Waals surface area (Å²) in [6, 6.07) is 0. The van der Waals surface area contributed by atoms with E-state index in [9.17, 15) is 14.4 Å². The molecule has 2 atom stereocenters. The van der Waals surface area contributed by atoms with Crippen molar-refractivity contribution in [1.29, 1.82) is 0 Å². The van der Waals surface area contributed by atoms with Gasteiger partial charge in [-0.05, 0) is 19.8 Å². The molecular weight excluding hydrogens is 336 g/mol. The molecule has 2 aliphatic heterocycles. The standard InChI is InChI=1S/C18H24N4O4/c1-3-26-17(25)18-5-4-8-21(16(24)15-9-19-6-7-20-15)10-14(18)11-22(12-18)13(2)23/h6-7,9,14H,3-5,8,10-12H2,1-2H3/t14-,18-/m0/s1. The molecule has 2 fully saturated rings. The number of rotatable bonds is 3. The maximum absolute atomic E-state index is 12.8. The number of ether oxygens (including phenoxy) is 1. The maximum Gasteiger partial charge on any atom is 0.314 e. The number of nitrogens with zero attached hydrogens (tertiary/aromatic N) is 4. The van der Waals surface area contributed by atoms with Gasteiger partial charge in [-0.2, -0.15) is 0 Å². The van der Waals surface area contributed by atoms with Crippen LogP contribution in [0.2, 0.25) is 0 Å². The molecule has 0 aromatic carbocycles. The van der Waals surface area contributed by atoms with E-state index in [1.165, 1.54) is 25.5 Å². The molecule has 1 aromatic heterocycles. The molecule has 2 saturated heterocycles. The van der Waals surface area contributed by atoms with E-state index in [2.05, 4.69) is 9.97 Å². The molecule has 8 heteroatoms.